The third-order valence-corrected chi connectivity index (χ3v) is 10.4. The van der Waals surface area contributed by atoms with Crippen LogP contribution in [0.4, 0.5) is 0 Å². The van der Waals surface area contributed by atoms with E-state index in [-0.39, 0.29) is 17.7 Å². The SMILES string of the molecule is C#CCC(O[Si](C)(C)C(C)(C)C)c1sccc1-c1cccc(CO)c1. The number of rotatable bonds is 6. The maximum atomic E-state index is 9.42. The molecule has 0 aliphatic heterocycles. The van der Waals surface area contributed by atoms with E-state index in [0.717, 1.165) is 16.7 Å². The van der Waals surface area contributed by atoms with E-state index >= 15 is 0 Å². The summed E-state index contributed by atoms with van der Waals surface area (Å²) in [6, 6.07) is 10.1. The lowest BCUT2D eigenvalue weighted by Crippen LogP contribution is -2.41. The van der Waals surface area contributed by atoms with Gasteiger partial charge in [-0.2, -0.15) is 0 Å². The molecule has 0 bridgehead atoms. The Hall–Kier alpha value is -1.38. The Balaban J connectivity index is 2.41. The van der Waals surface area contributed by atoms with Crippen LogP contribution >= 0.6 is 11.3 Å². The van der Waals surface area contributed by atoms with Crippen molar-refractivity contribution >= 4 is 19.7 Å². The van der Waals surface area contributed by atoms with Crippen LogP contribution in [0.15, 0.2) is 35.7 Å². The molecule has 1 atom stereocenters. The minimum atomic E-state index is -1.93. The molecule has 2 rings (SSSR count). The maximum Gasteiger partial charge on any atom is 0.192 e. The van der Waals surface area contributed by atoms with Gasteiger partial charge in [0.05, 0.1) is 12.7 Å². The Morgan fingerprint density at radius 3 is 2.60 bits per heavy atom. The van der Waals surface area contributed by atoms with Gasteiger partial charge >= 0.3 is 0 Å². The number of hydrogen-bond acceptors (Lipinski definition) is 3. The summed E-state index contributed by atoms with van der Waals surface area (Å²) in [5, 5.41) is 11.6. The highest BCUT2D eigenvalue weighted by Gasteiger charge is 2.39. The first-order chi connectivity index (χ1) is 11.7. The van der Waals surface area contributed by atoms with E-state index < -0.39 is 8.32 Å². The Morgan fingerprint density at radius 1 is 1.28 bits per heavy atom. The maximum absolute atomic E-state index is 9.42. The molecule has 0 amide bonds. The molecule has 25 heavy (non-hydrogen) atoms. The summed E-state index contributed by atoms with van der Waals surface area (Å²) < 4.78 is 6.66. The van der Waals surface area contributed by atoms with Crippen molar-refractivity contribution in [3.63, 3.8) is 0 Å². The van der Waals surface area contributed by atoms with Crippen LogP contribution in [0, 0.1) is 12.3 Å². The van der Waals surface area contributed by atoms with Crippen LogP contribution in [-0.2, 0) is 11.0 Å². The first-order valence-electron chi connectivity index (χ1n) is 8.58. The first-order valence-corrected chi connectivity index (χ1v) is 12.4. The molecule has 0 spiro atoms. The lowest BCUT2D eigenvalue weighted by molar-refractivity contribution is 0.193. The number of aliphatic hydroxyl groups excluding tert-OH is 1. The standard InChI is InChI=1S/C21H28O2SSi/c1-7-9-19(23-25(5,6)21(2,3)4)20-18(12-13-24-20)17-11-8-10-16(14-17)15-22/h1,8,10-14,19,22H,9,15H2,2-6H3. The number of aliphatic hydroxyl groups is 1. The second-order valence-corrected chi connectivity index (χ2v) is 13.5. The highest BCUT2D eigenvalue weighted by Crippen LogP contribution is 2.43. The molecule has 1 N–H and O–H groups in total. The molecule has 4 heteroatoms. The summed E-state index contributed by atoms with van der Waals surface area (Å²) in [5.74, 6) is 2.80. The molecule has 1 aromatic heterocycles. The molecule has 134 valence electrons. The molecule has 0 fully saturated rings. The molecular weight excluding hydrogens is 344 g/mol. The Kier molecular flexibility index (Phi) is 6.29. The zero-order valence-electron chi connectivity index (χ0n) is 15.8. The second-order valence-electron chi connectivity index (χ2n) is 7.83. The van der Waals surface area contributed by atoms with Crippen molar-refractivity contribution in [3.8, 4) is 23.5 Å². The minimum Gasteiger partial charge on any atom is -0.408 e. The molecule has 2 aromatic rings. The molecule has 1 heterocycles. The molecule has 0 saturated heterocycles. The average molecular weight is 373 g/mol. The van der Waals surface area contributed by atoms with Gasteiger partial charge in [0.2, 0.25) is 0 Å². The van der Waals surface area contributed by atoms with Crippen molar-refractivity contribution in [2.24, 2.45) is 0 Å². The fourth-order valence-electron chi connectivity index (χ4n) is 2.47. The van der Waals surface area contributed by atoms with Crippen molar-refractivity contribution < 1.29 is 9.53 Å². The largest absolute Gasteiger partial charge is 0.408 e. The number of benzene rings is 1. The molecule has 0 saturated carbocycles. The summed E-state index contributed by atoms with van der Waals surface area (Å²) in [6.07, 6.45) is 6.14. The fourth-order valence-corrected chi connectivity index (χ4v) is 4.77. The van der Waals surface area contributed by atoms with Gasteiger partial charge in [-0.25, -0.2) is 0 Å². The van der Waals surface area contributed by atoms with Crippen LogP contribution in [-0.4, -0.2) is 13.4 Å². The molecular formula is C21H28O2SSi. The predicted octanol–water partition coefficient (Wildman–Crippen LogP) is 5.99. The Labute approximate surface area is 157 Å². The van der Waals surface area contributed by atoms with Crippen LogP contribution in [0.25, 0.3) is 11.1 Å². The normalized spacial score (nSPS) is 13.5. The van der Waals surface area contributed by atoms with Crippen LogP contribution < -0.4 is 0 Å². The highest BCUT2D eigenvalue weighted by molar-refractivity contribution is 7.10. The zero-order valence-corrected chi connectivity index (χ0v) is 17.6. The monoisotopic (exact) mass is 372 g/mol. The van der Waals surface area contributed by atoms with E-state index in [1.807, 2.05) is 18.2 Å². The van der Waals surface area contributed by atoms with Crippen molar-refractivity contribution in [2.45, 2.75) is 58.0 Å². The third kappa shape index (κ3) is 4.62. The average Bonchev–Trinajstić information content (AvgIpc) is 3.03. The van der Waals surface area contributed by atoms with Crippen LogP contribution in [0.5, 0.6) is 0 Å². The highest BCUT2D eigenvalue weighted by atomic mass is 32.1. The molecule has 1 aromatic carbocycles. The minimum absolute atomic E-state index is 0.0432. The lowest BCUT2D eigenvalue weighted by atomic mass is 10.0. The van der Waals surface area contributed by atoms with Gasteiger partial charge in [0.25, 0.3) is 0 Å². The second kappa shape index (κ2) is 7.88. The van der Waals surface area contributed by atoms with Gasteiger partial charge in [-0.3, -0.25) is 0 Å². The lowest BCUT2D eigenvalue weighted by Gasteiger charge is -2.39. The van der Waals surface area contributed by atoms with Crippen molar-refractivity contribution in [2.75, 3.05) is 0 Å². The summed E-state index contributed by atoms with van der Waals surface area (Å²) >= 11 is 1.70. The molecule has 0 aliphatic rings. The number of hydrogen-bond donors (Lipinski definition) is 1. The molecule has 1 unspecified atom stereocenters. The molecule has 0 radical (unpaired) electrons. The number of terminal acetylenes is 1. The summed E-state index contributed by atoms with van der Waals surface area (Å²) in [5.41, 5.74) is 3.16. The quantitative estimate of drug-likeness (QED) is 0.498. The molecule has 0 aliphatic carbocycles. The van der Waals surface area contributed by atoms with Gasteiger partial charge in [-0.05, 0) is 52.3 Å². The predicted molar refractivity (Wildman–Crippen MR) is 110 cm³/mol. The Morgan fingerprint density at radius 2 is 2.00 bits per heavy atom. The summed E-state index contributed by atoms with van der Waals surface area (Å²) in [4.78, 5) is 1.18. The molecule has 2 nitrogen and oxygen atoms in total. The van der Waals surface area contributed by atoms with Crippen molar-refractivity contribution in [1.82, 2.24) is 0 Å². The van der Waals surface area contributed by atoms with E-state index in [0.29, 0.717) is 6.42 Å². The van der Waals surface area contributed by atoms with E-state index in [2.05, 4.69) is 57.3 Å². The van der Waals surface area contributed by atoms with E-state index in [4.69, 9.17) is 10.8 Å². The van der Waals surface area contributed by atoms with Crippen molar-refractivity contribution in [1.29, 1.82) is 0 Å². The summed E-state index contributed by atoms with van der Waals surface area (Å²) in [7, 11) is -1.93. The Bertz CT molecular complexity index is 750. The van der Waals surface area contributed by atoms with Gasteiger partial charge < -0.3 is 9.53 Å². The van der Waals surface area contributed by atoms with Crippen LogP contribution in [0.3, 0.4) is 0 Å². The van der Waals surface area contributed by atoms with Crippen LogP contribution in [0.2, 0.25) is 18.1 Å². The van der Waals surface area contributed by atoms with Gasteiger partial charge in [-0.15, -0.1) is 23.7 Å². The first kappa shape index (κ1) is 19.9. The van der Waals surface area contributed by atoms with Crippen LogP contribution in [0.1, 0.15) is 43.7 Å². The van der Waals surface area contributed by atoms with Crippen molar-refractivity contribution in [3.05, 3.63) is 46.2 Å². The third-order valence-electron chi connectivity index (χ3n) is 4.95. The van der Waals surface area contributed by atoms with Gasteiger partial charge in [0.15, 0.2) is 8.32 Å². The number of thiophene rings is 1. The fraction of sp³-hybridized carbons (Fsp3) is 0.429. The van der Waals surface area contributed by atoms with E-state index in [1.165, 1.54) is 4.88 Å². The smallest absolute Gasteiger partial charge is 0.192 e. The van der Waals surface area contributed by atoms with E-state index in [9.17, 15) is 5.11 Å². The van der Waals surface area contributed by atoms with Gasteiger partial charge in [0.1, 0.15) is 0 Å². The van der Waals surface area contributed by atoms with E-state index in [1.54, 1.807) is 11.3 Å². The zero-order chi connectivity index (χ0) is 18.7. The van der Waals surface area contributed by atoms with Gasteiger partial charge in [0, 0.05) is 11.3 Å². The topological polar surface area (TPSA) is 29.5 Å². The summed E-state index contributed by atoms with van der Waals surface area (Å²) in [6.45, 7) is 11.3. The van der Waals surface area contributed by atoms with Gasteiger partial charge in [-0.1, -0.05) is 39.0 Å².